The Morgan fingerprint density at radius 3 is 2.55 bits per heavy atom. The van der Waals surface area contributed by atoms with Crippen LogP contribution >= 0.6 is 43.5 Å². The fraction of sp³-hybridized carbons (Fsp3) is 0.118. The van der Waals surface area contributed by atoms with Crippen LogP contribution in [0.15, 0.2) is 102 Å². The Hall–Kier alpha value is -4.65. The zero-order chi connectivity index (χ0) is 33.1. The lowest BCUT2D eigenvalue weighted by Gasteiger charge is -2.16. The zero-order valence-electron chi connectivity index (χ0n) is 24.9. The molecule has 6 aromatic rings. The number of hydrogen-bond donors (Lipinski definition) is 1. The molecular formula is C34H25Br2ClN4O6. The molecule has 0 aliphatic rings. The summed E-state index contributed by atoms with van der Waals surface area (Å²) in [5.41, 5.74) is 1.81. The van der Waals surface area contributed by atoms with Crippen molar-refractivity contribution in [2.45, 2.75) is 6.92 Å². The molecule has 0 spiro atoms. The summed E-state index contributed by atoms with van der Waals surface area (Å²) in [4.78, 5) is 31.2. The van der Waals surface area contributed by atoms with Crippen molar-refractivity contribution < 1.29 is 23.4 Å². The number of anilines is 1. The Labute approximate surface area is 290 Å². The van der Waals surface area contributed by atoms with Gasteiger partial charge in [0.1, 0.15) is 11.3 Å². The van der Waals surface area contributed by atoms with Crippen LogP contribution in [-0.2, 0) is 4.79 Å². The summed E-state index contributed by atoms with van der Waals surface area (Å²) in [7, 11) is 1.58. The SMILES string of the molecule is CCOc1cc(C=Nn2c(-c3cc4c(OC)cccc4o3)nc3ccccc3c2=O)c(Br)c(Br)c1OCC(=O)Nc1ccc(Cl)cc1. The number of nitrogens with zero attached hydrogens (tertiary/aromatic N) is 3. The van der Waals surface area contributed by atoms with Gasteiger partial charge in [0, 0.05) is 20.7 Å². The first kappa shape index (κ1) is 32.3. The smallest absolute Gasteiger partial charge is 0.282 e. The quantitative estimate of drug-likeness (QED) is 0.139. The number of furan rings is 1. The molecule has 0 atom stereocenters. The molecule has 0 aliphatic carbocycles. The van der Waals surface area contributed by atoms with E-state index in [1.54, 1.807) is 61.7 Å². The number of aromatic nitrogens is 2. The van der Waals surface area contributed by atoms with Crippen molar-refractivity contribution in [2.24, 2.45) is 5.10 Å². The molecule has 10 nitrogen and oxygen atoms in total. The molecule has 1 amide bonds. The summed E-state index contributed by atoms with van der Waals surface area (Å²) >= 11 is 13.1. The zero-order valence-corrected chi connectivity index (χ0v) is 28.9. The number of para-hydroxylation sites is 1. The van der Waals surface area contributed by atoms with Gasteiger partial charge in [-0.2, -0.15) is 9.78 Å². The molecule has 6 rings (SSSR count). The third kappa shape index (κ3) is 6.76. The van der Waals surface area contributed by atoms with Crippen LogP contribution in [0.5, 0.6) is 17.2 Å². The summed E-state index contributed by atoms with van der Waals surface area (Å²) in [6, 6.07) is 22.7. The minimum absolute atomic E-state index is 0.204. The van der Waals surface area contributed by atoms with E-state index in [1.807, 2.05) is 31.2 Å². The number of nitrogens with one attached hydrogen (secondary N) is 1. The molecule has 47 heavy (non-hydrogen) atoms. The molecule has 4 aromatic carbocycles. The van der Waals surface area contributed by atoms with Crippen molar-refractivity contribution in [3.8, 4) is 28.8 Å². The Morgan fingerprint density at radius 1 is 1.00 bits per heavy atom. The standard InChI is InChI=1S/C34H25Br2ClN4O6/c1-3-45-27-15-19(30(35)31(36)32(27)46-18-29(42)39-21-13-11-20(37)12-14-21)17-38-41-33(40-24-8-5-4-7-22(24)34(41)43)28-16-23-25(44-2)9-6-10-26(23)47-28/h4-17H,3,18H2,1-2H3,(H,39,42). The van der Waals surface area contributed by atoms with E-state index >= 15 is 0 Å². The fourth-order valence-corrected chi connectivity index (χ4v) is 5.86. The van der Waals surface area contributed by atoms with E-state index in [9.17, 15) is 9.59 Å². The van der Waals surface area contributed by atoms with Crippen LogP contribution in [0.3, 0.4) is 0 Å². The molecule has 0 fully saturated rings. The Morgan fingerprint density at radius 2 is 1.79 bits per heavy atom. The van der Waals surface area contributed by atoms with Crippen LogP contribution < -0.4 is 25.1 Å². The van der Waals surface area contributed by atoms with Crippen molar-refractivity contribution in [3.63, 3.8) is 0 Å². The van der Waals surface area contributed by atoms with E-state index in [4.69, 9.17) is 35.2 Å². The van der Waals surface area contributed by atoms with E-state index in [0.717, 1.165) is 5.39 Å². The molecule has 0 bridgehead atoms. The second-order valence-electron chi connectivity index (χ2n) is 9.99. The minimum Gasteiger partial charge on any atom is -0.496 e. The molecule has 0 aliphatic heterocycles. The first-order valence-electron chi connectivity index (χ1n) is 14.2. The van der Waals surface area contributed by atoms with Gasteiger partial charge in [0.15, 0.2) is 23.9 Å². The van der Waals surface area contributed by atoms with Gasteiger partial charge < -0.3 is 23.9 Å². The number of benzene rings is 4. The normalized spacial score (nSPS) is 11.3. The predicted octanol–water partition coefficient (Wildman–Crippen LogP) is 8.30. The van der Waals surface area contributed by atoms with Gasteiger partial charge in [0.25, 0.3) is 11.5 Å². The van der Waals surface area contributed by atoms with Gasteiger partial charge in [-0.25, -0.2) is 4.98 Å². The number of methoxy groups -OCH3 is 1. The maximum absolute atomic E-state index is 13.8. The van der Waals surface area contributed by atoms with Crippen LogP contribution in [0.2, 0.25) is 5.02 Å². The number of rotatable bonds is 10. The van der Waals surface area contributed by atoms with Gasteiger partial charge in [-0.15, -0.1) is 0 Å². The Balaban J connectivity index is 1.37. The molecule has 0 unspecified atom stereocenters. The van der Waals surface area contributed by atoms with Gasteiger partial charge in [-0.1, -0.05) is 29.8 Å². The first-order valence-corrected chi connectivity index (χ1v) is 16.2. The predicted molar refractivity (Wildman–Crippen MR) is 189 cm³/mol. The van der Waals surface area contributed by atoms with Crippen molar-refractivity contribution >= 4 is 83.1 Å². The lowest BCUT2D eigenvalue weighted by atomic mass is 10.2. The molecule has 238 valence electrons. The van der Waals surface area contributed by atoms with Gasteiger partial charge in [-0.3, -0.25) is 9.59 Å². The summed E-state index contributed by atoms with van der Waals surface area (Å²) in [6.45, 7) is 1.87. The van der Waals surface area contributed by atoms with Crippen LogP contribution in [-0.4, -0.2) is 42.1 Å². The lowest BCUT2D eigenvalue weighted by Crippen LogP contribution is -2.21. The average Bonchev–Trinajstić information content (AvgIpc) is 3.52. The molecule has 2 heterocycles. The molecule has 1 N–H and O–H groups in total. The maximum atomic E-state index is 13.8. The van der Waals surface area contributed by atoms with E-state index in [1.165, 1.54) is 10.9 Å². The monoisotopic (exact) mass is 778 g/mol. The van der Waals surface area contributed by atoms with Crippen LogP contribution in [0, 0.1) is 0 Å². The van der Waals surface area contributed by atoms with Crippen molar-refractivity contribution in [1.29, 1.82) is 0 Å². The molecular weight excluding hydrogens is 756 g/mol. The number of halogens is 3. The van der Waals surface area contributed by atoms with E-state index in [-0.39, 0.29) is 23.9 Å². The highest BCUT2D eigenvalue weighted by Gasteiger charge is 2.20. The summed E-state index contributed by atoms with van der Waals surface area (Å²) in [5, 5.41) is 9.02. The number of fused-ring (bicyclic) bond motifs is 2. The van der Waals surface area contributed by atoms with Crippen LogP contribution in [0.1, 0.15) is 12.5 Å². The molecule has 0 saturated carbocycles. The highest BCUT2D eigenvalue weighted by atomic mass is 79.9. The van der Waals surface area contributed by atoms with Gasteiger partial charge in [0.2, 0.25) is 5.82 Å². The Kier molecular flexibility index (Phi) is 9.62. The second-order valence-corrected chi connectivity index (χ2v) is 12.0. The van der Waals surface area contributed by atoms with Crippen molar-refractivity contribution in [2.75, 3.05) is 25.6 Å². The third-order valence-corrected chi connectivity index (χ3v) is 9.35. The lowest BCUT2D eigenvalue weighted by molar-refractivity contribution is -0.118. The topological polar surface area (TPSA) is 117 Å². The first-order chi connectivity index (χ1) is 22.8. The van der Waals surface area contributed by atoms with Crippen molar-refractivity contribution in [1.82, 2.24) is 9.66 Å². The number of amides is 1. The number of ether oxygens (including phenoxy) is 3. The highest BCUT2D eigenvalue weighted by molar-refractivity contribution is 9.13. The number of carbonyl (C=O) groups is 1. The molecule has 0 saturated heterocycles. The summed E-state index contributed by atoms with van der Waals surface area (Å²) < 4.78 is 25.6. The average molecular weight is 781 g/mol. The molecule has 2 aromatic heterocycles. The van der Waals surface area contributed by atoms with Crippen LogP contribution in [0.25, 0.3) is 33.5 Å². The second kappa shape index (κ2) is 14.0. The molecule has 13 heteroatoms. The van der Waals surface area contributed by atoms with E-state index in [2.05, 4.69) is 42.3 Å². The maximum Gasteiger partial charge on any atom is 0.282 e. The number of carbonyl (C=O) groups excluding carboxylic acids is 1. The van der Waals surface area contributed by atoms with E-state index in [0.29, 0.717) is 71.3 Å². The van der Waals surface area contributed by atoms with Gasteiger partial charge in [0.05, 0.1) is 40.7 Å². The summed E-state index contributed by atoms with van der Waals surface area (Å²) in [6.07, 6.45) is 1.50. The Bertz CT molecular complexity index is 2220. The fourth-order valence-electron chi connectivity index (χ4n) is 4.80. The highest BCUT2D eigenvalue weighted by Crippen LogP contribution is 2.42. The van der Waals surface area contributed by atoms with Crippen LogP contribution in [0.4, 0.5) is 5.69 Å². The van der Waals surface area contributed by atoms with Gasteiger partial charge >= 0.3 is 0 Å². The minimum atomic E-state index is -0.388. The largest absolute Gasteiger partial charge is 0.496 e. The van der Waals surface area contributed by atoms with Gasteiger partial charge in [-0.05, 0) is 99.4 Å². The van der Waals surface area contributed by atoms with E-state index < -0.39 is 0 Å². The number of hydrogen-bond acceptors (Lipinski definition) is 8. The molecule has 0 radical (unpaired) electrons. The van der Waals surface area contributed by atoms with Crippen molar-refractivity contribution in [3.05, 3.63) is 109 Å². The summed E-state index contributed by atoms with van der Waals surface area (Å²) in [5.74, 6) is 1.45. The third-order valence-electron chi connectivity index (χ3n) is 6.96.